The third-order valence-corrected chi connectivity index (χ3v) is 3.46. The highest BCUT2D eigenvalue weighted by atomic mass is 15.3. The van der Waals surface area contributed by atoms with E-state index in [4.69, 9.17) is 0 Å². The van der Waals surface area contributed by atoms with Crippen LogP contribution in [0.3, 0.4) is 0 Å². The molecule has 4 rings (SSSR count). The molecule has 0 aliphatic heterocycles. The Morgan fingerprint density at radius 3 is 2.90 bits per heavy atom. The van der Waals surface area contributed by atoms with Crippen LogP contribution in [0.15, 0.2) is 36.8 Å². The van der Waals surface area contributed by atoms with Gasteiger partial charge in [-0.15, -0.1) is 10.2 Å². The van der Waals surface area contributed by atoms with Gasteiger partial charge in [-0.3, -0.25) is 4.98 Å². The van der Waals surface area contributed by atoms with Crippen LogP contribution in [0, 0.1) is 0 Å². The smallest absolute Gasteiger partial charge is 0.152 e. The Hall–Kier alpha value is -2.50. The highest BCUT2D eigenvalue weighted by Crippen LogP contribution is 2.35. The first-order valence-electron chi connectivity index (χ1n) is 6.74. The molecule has 3 aromatic rings. The van der Waals surface area contributed by atoms with E-state index in [1.54, 1.807) is 12.5 Å². The molecular formula is C14H14N6. The molecule has 0 spiro atoms. The molecule has 2 aromatic heterocycles. The van der Waals surface area contributed by atoms with Crippen molar-refractivity contribution < 1.29 is 0 Å². The van der Waals surface area contributed by atoms with Gasteiger partial charge in [0.2, 0.25) is 0 Å². The van der Waals surface area contributed by atoms with Gasteiger partial charge in [-0.1, -0.05) is 12.1 Å². The van der Waals surface area contributed by atoms with Gasteiger partial charge in [0, 0.05) is 6.04 Å². The zero-order valence-corrected chi connectivity index (χ0v) is 10.9. The molecule has 1 N–H and O–H groups in total. The minimum Gasteiger partial charge on any atom is -0.361 e. The molecule has 0 unspecified atom stereocenters. The molecule has 1 saturated carbocycles. The van der Waals surface area contributed by atoms with Crippen LogP contribution in [0.25, 0.3) is 11.0 Å². The minimum absolute atomic E-state index is 0.587. The van der Waals surface area contributed by atoms with Crippen LogP contribution in [0.5, 0.6) is 0 Å². The van der Waals surface area contributed by atoms with Crippen molar-refractivity contribution in [2.75, 3.05) is 5.32 Å². The fourth-order valence-electron chi connectivity index (χ4n) is 2.26. The molecule has 0 saturated heterocycles. The molecule has 0 amide bonds. The van der Waals surface area contributed by atoms with Crippen LogP contribution in [-0.2, 0) is 6.54 Å². The van der Waals surface area contributed by atoms with Gasteiger partial charge < -0.3 is 9.88 Å². The van der Waals surface area contributed by atoms with Gasteiger partial charge in [-0.25, -0.2) is 4.98 Å². The number of benzene rings is 1. The number of aromatic nitrogens is 5. The first-order valence-corrected chi connectivity index (χ1v) is 6.74. The van der Waals surface area contributed by atoms with Gasteiger partial charge >= 0.3 is 0 Å². The molecule has 100 valence electrons. The van der Waals surface area contributed by atoms with Crippen LogP contribution in [0.2, 0.25) is 0 Å². The summed E-state index contributed by atoms with van der Waals surface area (Å²) < 4.78 is 2.14. The molecule has 6 nitrogen and oxygen atoms in total. The predicted molar refractivity (Wildman–Crippen MR) is 75.2 cm³/mol. The van der Waals surface area contributed by atoms with E-state index in [2.05, 4.69) is 30.0 Å². The third-order valence-electron chi connectivity index (χ3n) is 3.46. The lowest BCUT2D eigenvalue weighted by Crippen LogP contribution is -2.08. The quantitative estimate of drug-likeness (QED) is 0.783. The topological polar surface area (TPSA) is 68.5 Å². The van der Waals surface area contributed by atoms with Crippen LogP contribution in [0.4, 0.5) is 5.82 Å². The summed E-state index contributed by atoms with van der Waals surface area (Å²) in [6.07, 6.45) is 6.00. The normalized spacial score (nSPS) is 14.6. The first-order chi connectivity index (χ1) is 9.90. The summed E-state index contributed by atoms with van der Waals surface area (Å²) in [7, 11) is 0. The van der Waals surface area contributed by atoms with Crippen molar-refractivity contribution in [3.8, 4) is 0 Å². The summed E-state index contributed by atoms with van der Waals surface area (Å²) in [4.78, 5) is 8.92. The number of hydrogen-bond acceptors (Lipinski definition) is 5. The maximum absolute atomic E-state index is 4.53. The lowest BCUT2D eigenvalue weighted by molar-refractivity contribution is 0.689. The Bertz CT molecular complexity index is 746. The molecule has 0 radical (unpaired) electrons. The van der Waals surface area contributed by atoms with E-state index >= 15 is 0 Å². The van der Waals surface area contributed by atoms with Crippen molar-refractivity contribution in [3.05, 3.63) is 42.6 Å². The number of para-hydroxylation sites is 2. The monoisotopic (exact) mass is 266 g/mol. The van der Waals surface area contributed by atoms with Crippen molar-refractivity contribution >= 4 is 16.9 Å². The summed E-state index contributed by atoms with van der Waals surface area (Å²) in [6.45, 7) is 0.615. The van der Waals surface area contributed by atoms with E-state index in [1.165, 1.54) is 12.8 Å². The second-order valence-corrected chi connectivity index (χ2v) is 4.98. The lowest BCUT2D eigenvalue weighted by atomic mass is 10.3. The molecule has 20 heavy (non-hydrogen) atoms. The van der Waals surface area contributed by atoms with Gasteiger partial charge in [-0.2, -0.15) is 0 Å². The van der Waals surface area contributed by atoms with Crippen LogP contribution in [0.1, 0.15) is 24.7 Å². The van der Waals surface area contributed by atoms with Crippen molar-refractivity contribution in [1.29, 1.82) is 0 Å². The van der Waals surface area contributed by atoms with Gasteiger partial charge in [0.05, 0.1) is 23.8 Å². The molecule has 2 heterocycles. The average molecular weight is 266 g/mol. The Labute approximate surface area is 115 Å². The Balaban J connectivity index is 1.53. The number of nitrogens with zero attached hydrogens (tertiary/aromatic N) is 5. The highest BCUT2D eigenvalue weighted by Gasteiger charge is 2.25. The fraction of sp³-hybridized carbons (Fsp3) is 0.286. The summed E-state index contributed by atoms with van der Waals surface area (Å²) in [5, 5.41) is 11.4. The summed E-state index contributed by atoms with van der Waals surface area (Å²) in [6, 6.07) is 8.42. The number of anilines is 1. The Morgan fingerprint density at radius 1 is 1.20 bits per heavy atom. The van der Waals surface area contributed by atoms with Crippen LogP contribution in [-0.4, -0.2) is 24.7 Å². The van der Waals surface area contributed by atoms with E-state index in [0.29, 0.717) is 12.6 Å². The molecule has 1 aliphatic rings. The minimum atomic E-state index is 0.587. The van der Waals surface area contributed by atoms with E-state index in [1.807, 2.05) is 24.3 Å². The fourth-order valence-corrected chi connectivity index (χ4v) is 2.26. The molecule has 0 bridgehead atoms. The van der Waals surface area contributed by atoms with Crippen molar-refractivity contribution in [2.45, 2.75) is 25.4 Å². The van der Waals surface area contributed by atoms with E-state index in [0.717, 1.165) is 22.7 Å². The SMILES string of the molecule is c1ccc2nc(NCc3nncn3C3CC3)cnc2c1. The maximum Gasteiger partial charge on any atom is 0.152 e. The van der Waals surface area contributed by atoms with E-state index < -0.39 is 0 Å². The van der Waals surface area contributed by atoms with Crippen molar-refractivity contribution in [1.82, 2.24) is 24.7 Å². The van der Waals surface area contributed by atoms with E-state index in [-0.39, 0.29) is 0 Å². The molecule has 0 atom stereocenters. The number of hydrogen-bond donors (Lipinski definition) is 1. The van der Waals surface area contributed by atoms with Gasteiger partial charge in [0.15, 0.2) is 5.82 Å². The van der Waals surface area contributed by atoms with Crippen molar-refractivity contribution in [2.24, 2.45) is 0 Å². The largest absolute Gasteiger partial charge is 0.361 e. The Kier molecular flexibility index (Phi) is 2.58. The zero-order valence-electron chi connectivity index (χ0n) is 10.9. The molecule has 1 aromatic carbocycles. The van der Waals surface area contributed by atoms with Crippen LogP contribution < -0.4 is 5.32 Å². The first kappa shape index (κ1) is 11.3. The summed E-state index contributed by atoms with van der Waals surface area (Å²) >= 11 is 0. The molecule has 6 heteroatoms. The average Bonchev–Trinajstić information content (AvgIpc) is 3.23. The number of fused-ring (bicyclic) bond motifs is 1. The van der Waals surface area contributed by atoms with Gasteiger partial charge in [0.1, 0.15) is 12.1 Å². The molecule has 1 fully saturated rings. The third kappa shape index (κ3) is 2.09. The Morgan fingerprint density at radius 2 is 2.05 bits per heavy atom. The van der Waals surface area contributed by atoms with Crippen molar-refractivity contribution in [3.63, 3.8) is 0 Å². The second-order valence-electron chi connectivity index (χ2n) is 4.98. The summed E-state index contributed by atoms with van der Waals surface area (Å²) in [5.74, 6) is 1.71. The van der Waals surface area contributed by atoms with Gasteiger partial charge in [0.25, 0.3) is 0 Å². The van der Waals surface area contributed by atoms with Crippen LogP contribution >= 0.6 is 0 Å². The number of nitrogens with one attached hydrogen (secondary N) is 1. The standard InChI is InChI=1S/C14H14N6/c1-2-4-12-11(3-1)15-7-13(18-12)16-8-14-19-17-9-20(14)10-5-6-10/h1-4,7,9-10H,5-6,8H2,(H,16,18). The number of rotatable bonds is 4. The molecule has 1 aliphatic carbocycles. The van der Waals surface area contributed by atoms with Gasteiger partial charge in [-0.05, 0) is 25.0 Å². The summed E-state index contributed by atoms with van der Waals surface area (Å²) in [5.41, 5.74) is 1.79. The molecular weight excluding hydrogens is 252 g/mol. The lowest BCUT2D eigenvalue weighted by Gasteiger charge is -2.07. The predicted octanol–water partition coefficient (Wildman–Crippen LogP) is 2.17. The zero-order chi connectivity index (χ0) is 13.4. The highest BCUT2D eigenvalue weighted by molar-refractivity contribution is 5.75. The second kappa shape index (κ2) is 4.56. The van der Waals surface area contributed by atoms with E-state index in [9.17, 15) is 0 Å². The maximum atomic E-state index is 4.53.